The van der Waals surface area contributed by atoms with Crippen molar-refractivity contribution < 1.29 is 9.18 Å². The first kappa shape index (κ1) is 19.7. The largest absolute Gasteiger partial charge is 0.351 e. The van der Waals surface area contributed by atoms with Gasteiger partial charge in [0, 0.05) is 17.4 Å². The van der Waals surface area contributed by atoms with Crippen LogP contribution < -0.4 is 10.9 Å². The Bertz CT molecular complexity index is 1470. The van der Waals surface area contributed by atoms with E-state index in [-0.39, 0.29) is 23.8 Å². The minimum absolute atomic E-state index is 0.214. The van der Waals surface area contributed by atoms with E-state index < -0.39 is 0 Å². The Labute approximate surface area is 181 Å². The zero-order chi connectivity index (χ0) is 22.1. The molecule has 32 heavy (non-hydrogen) atoms. The number of para-hydroxylation sites is 1. The molecule has 0 saturated heterocycles. The predicted octanol–water partition coefficient (Wildman–Crippen LogP) is 2.69. The van der Waals surface area contributed by atoms with Gasteiger partial charge in [0.15, 0.2) is 5.65 Å². The number of benzene rings is 2. The van der Waals surface area contributed by atoms with E-state index in [0.717, 1.165) is 10.9 Å². The summed E-state index contributed by atoms with van der Waals surface area (Å²) in [6, 6.07) is 15.6. The number of nitrogens with one attached hydrogen (secondary N) is 2. The van der Waals surface area contributed by atoms with E-state index in [9.17, 15) is 14.0 Å². The summed E-state index contributed by atoms with van der Waals surface area (Å²) >= 11 is 0. The summed E-state index contributed by atoms with van der Waals surface area (Å²) in [5, 5.41) is 8.43. The number of aromatic nitrogens is 5. The fraction of sp³-hybridized carbons (Fsp3) is 0.130. The van der Waals surface area contributed by atoms with Crippen LogP contribution in [0.4, 0.5) is 4.39 Å². The smallest absolute Gasteiger partial charge is 0.267 e. The van der Waals surface area contributed by atoms with Gasteiger partial charge in [-0.1, -0.05) is 30.3 Å². The molecular weight excluding hydrogens is 411 g/mol. The molecule has 5 rings (SSSR count). The van der Waals surface area contributed by atoms with E-state index in [1.54, 1.807) is 22.9 Å². The topological polar surface area (TPSA) is 97.6 Å². The molecule has 0 saturated carbocycles. The maximum Gasteiger partial charge on any atom is 0.267 e. The van der Waals surface area contributed by atoms with E-state index in [1.165, 1.54) is 29.2 Å². The van der Waals surface area contributed by atoms with Crippen molar-refractivity contribution in [3.05, 3.63) is 94.5 Å². The quantitative estimate of drug-likeness (QED) is 0.433. The lowest BCUT2D eigenvalue weighted by Gasteiger charge is -2.07. The van der Waals surface area contributed by atoms with Crippen LogP contribution in [0.25, 0.3) is 21.9 Å². The molecule has 0 unspecified atom stereocenters. The summed E-state index contributed by atoms with van der Waals surface area (Å²) in [6.07, 6.45) is 2.89. The number of rotatable bonds is 6. The SMILES string of the molecule is O=C(NCCn1ncc2c(=O)n(Cc3cccc(F)c3)cnc21)c1cc2ccccc2[nH]1. The number of fused-ring (bicyclic) bond motifs is 2. The van der Waals surface area contributed by atoms with Crippen LogP contribution in [0.5, 0.6) is 0 Å². The molecule has 3 heterocycles. The molecule has 0 radical (unpaired) electrons. The molecule has 0 aliphatic heterocycles. The molecule has 0 aliphatic carbocycles. The number of hydrogen-bond acceptors (Lipinski definition) is 4. The van der Waals surface area contributed by atoms with E-state index >= 15 is 0 Å². The maximum absolute atomic E-state index is 13.4. The average Bonchev–Trinajstić information content (AvgIpc) is 3.40. The van der Waals surface area contributed by atoms with Crippen LogP contribution in [-0.2, 0) is 13.1 Å². The molecule has 0 atom stereocenters. The normalized spacial score (nSPS) is 11.3. The number of amides is 1. The molecule has 8 nitrogen and oxygen atoms in total. The zero-order valence-electron chi connectivity index (χ0n) is 17.0. The summed E-state index contributed by atoms with van der Waals surface area (Å²) < 4.78 is 16.4. The van der Waals surface area contributed by atoms with Crippen LogP contribution in [-0.4, -0.2) is 36.8 Å². The second-order valence-corrected chi connectivity index (χ2v) is 7.44. The lowest BCUT2D eigenvalue weighted by atomic mass is 10.2. The van der Waals surface area contributed by atoms with Crippen molar-refractivity contribution in [3.8, 4) is 0 Å². The van der Waals surface area contributed by atoms with Gasteiger partial charge in [-0.25, -0.2) is 14.1 Å². The molecule has 160 valence electrons. The Balaban J connectivity index is 1.28. The van der Waals surface area contributed by atoms with Crippen LogP contribution in [0.15, 0.2) is 71.9 Å². The monoisotopic (exact) mass is 430 g/mol. The molecule has 2 aromatic carbocycles. The van der Waals surface area contributed by atoms with Gasteiger partial charge in [-0.2, -0.15) is 5.10 Å². The summed E-state index contributed by atoms with van der Waals surface area (Å²) in [5.74, 6) is -0.574. The van der Waals surface area contributed by atoms with Crippen LogP contribution in [0.3, 0.4) is 0 Å². The first-order chi connectivity index (χ1) is 15.6. The second kappa shape index (κ2) is 8.10. The number of halogens is 1. The minimum atomic E-state index is -0.355. The second-order valence-electron chi connectivity index (χ2n) is 7.44. The zero-order valence-corrected chi connectivity index (χ0v) is 17.0. The average molecular weight is 430 g/mol. The number of aromatic amines is 1. The van der Waals surface area contributed by atoms with E-state index in [4.69, 9.17) is 0 Å². The van der Waals surface area contributed by atoms with Crippen LogP contribution in [0, 0.1) is 5.82 Å². The molecule has 9 heteroatoms. The molecule has 0 spiro atoms. The number of carbonyl (C=O) groups is 1. The first-order valence-electron chi connectivity index (χ1n) is 10.1. The standard InChI is InChI=1S/C23H19FN6O2/c24-17-6-3-4-15(10-17)13-29-14-26-21-18(23(29)32)12-27-30(21)9-8-25-22(31)20-11-16-5-1-2-7-19(16)28-20/h1-7,10-12,14,28H,8-9,13H2,(H,25,31). The van der Waals surface area contributed by atoms with Crippen LogP contribution in [0.1, 0.15) is 16.1 Å². The van der Waals surface area contributed by atoms with Gasteiger partial charge in [0.05, 0.1) is 19.3 Å². The number of hydrogen-bond donors (Lipinski definition) is 2. The minimum Gasteiger partial charge on any atom is -0.351 e. The van der Waals surface area contributed by atoms with Crippen molar-refractivity contribution in [2.75, 3.05) is 6.54 Å². The Kier molecular flexibility index (Phi) is 4.98. The lowest BCUT2D eigenvalue weighted by Crippen LogP contribution is -2.28. The fourth-order valence-corrected chi connectivity index (χ4v) is 3.67. The Morgan fingerprint density at radius 1 is 1.12 bits per heavy atom. The molecule has 0 fully saturated rings. The van der Waals surface area contributed by atoms with Crippen molar-refractivity contribution >= 4 is 27.8 Å². The van der Waals surface area contributed by atoms with Gasteiger partial charge in [-0.3, -0.25) is 14.2 Å². The van der Waals surface area contributed by atoms with E-state index in [2.05, 4.69) is 20.4 Å². The van der Waals surface area contributed by atoms with Gasteiger partial charge in [0.25, 0.3) is 11.5 Å². The first-order valence-corrected chi connectivity index (χ1v) is 10.1. The van der Waals surface area contributed by atoms with Gasteiger partial charge in [0.2, 0.25) is 0 Å². The number of carbonyl (C=O) groups excluding carboxylic acids is 1. The van der Waals surface area contributed by atoms with Crippen LogP contribution in [0.2, 0.25) is 0 Å². The van der Waals surface area contributed by atoms with Crippen molar-refractivity contribution in [1.29, 1.82) is 0 Å². The van der Waals surface area contributed by atoms with Crippen molar-refractivity contribution in [2.45, 2.75) is 13.1 Å². The molecule has 2 N–H and O–H groups in total. The third-order valence-electron chi connectivity index (χ3n) is 5.25. The lowest BCUT2D eigenvalue weighted by molar-refractivity contribution is 0.0948. The summed E-state index contributed by atoms with van der Waals surface area (Å²) in [6.45, 7) is 0.889. The molecule has 3 aromatic heterocycles. The van der Waals surface area contributed by atoms with Crippen molar-refractivity contribution in [2.24, 2.45) is 0 Å². The highest BCUT2D eigenvalue weighted by Crippen LogP contribution is 2.14. The number of H-pyrrole nitrogens is 1. The van der Waals surface area contributed by atoms with Crippen molar-refractivity contribution in [3.63, 3.8) is 0 Å². The van der Waals surface area contributed by atoms with E-state index in [0.29, 0.717) is 35.4 Å². The van der Waals surface area contributed by atoms with Gasteiger partial charge >= 0.3 is 0 Å². The predicted molar refractivity (Wildman–Crippen MR) is 118 cm³/mol. The fourth-order valence-electron chi connectivity index (χ4n) is 3.67. The van der Waals surface area contributed by atoms with E-state index in [1.807, 2.05) is 24.3 Å². The van der Waals surface area contributed by atoms with Gasteiger partial charge in [-0.05, 0) is 29.8 Å². The summed E-state index contributed by atoms with van der Waals surface area (Å²) in [4.78, 5) is 32.7. The molecule has 1 amide bonds. The number of nitrogens with zero attached hydrogens (tertiary/aromatic N) is 4. The summed E-state index contributed by atoms with van der Waals surface area (Å²) in [7, 11) is 0. The third kappa shape index (κ3) is 3.76. The highest BCUT2D eigenvalue weighted by atomic mass is 19.1. The molecule has 0 bridgehead atoms. The highest BCUT2D eigenvalue weighted by molar-refractivity contribution is 5.97. The molecule has 5 aromatic rings. The highest BCUT2D eigenvalue weighted by Gasteiger charge is 2.12. The molecular formula is C23H19FN6O2. The van der Waals surface area contributed by atoms with Crippen LogP contribution >= 0.6 is 0 Å². The Morgan fingerprint density at radius 3 is 2.84 bits per heavy atom. The van der Waals surface area contributed by atoms with Gasteiger partial charge < -0.3 is 10.3 Å². The third-order valence-corrected chi connectivity index (χ3v) is 5.25. The Morgan fingerprint density at radius 2 is 2.00 bits per heavy atom. The molecule has 0 aliphatic rings. The Hall–Kier alpha value is -4.27. The van der Waals surface area contributed by atoms with Gasteiger partial charge in [0.1, 0.15) is 23.2 Å². The van der Waals surface area contributed by atoms with Crippen molar-refractivity contribution in [1.82, 2.24) is 29.6 Å². The maximum atomic E-state index is 13.4. The van der Waals surface area contributed by atoms with Gasteiger partial charge in [-0.15, -0.1) is 0 Å². The summed E-state index contributed by atoms with van der Waals surface area (Å²) in [5.41, 5.74) is 2.22.